The molecule has 0 rings (SSSR count). The van der Waals surface area contributed by atoms with Crippen molar-refractivity contribution in [1.82, 2.24) is 0 Å². The molecule has 0 radical (unpaired) electrons. The highest BCUT2D eigenvalue weighted by molar-refractivity contribution is 5.88. The van der Waals surface area contributed by atoms with Crippen LogP contribution >= 0.6 is 0 Å². The Bertz CT molecular complexity index is 168. The molecule has 10 heavy (non-hydrogen) atoms. The van der Waals surface area contributed by atoms with Gasteiger partial charge in [-0.15, -0.1) is 0 Å². The van der Waals surface area contributed by atoms with Gasteiger partial charge >= 0.3 is 0 Å². The summed E-state index contributed by atoms with van der Waals surface area (Å²) in [5, 5.41) is 0. The molecule has 0 amide bonds. The number of ether oxygens (including phenoxy) is 1. The summed E-state index contributed by atoms with van der Waals surface area (Å²) in [7, 11) is 3.28. The Morgan fingerprint density at radius 3 is 2.50 bits per heavy atom. The summed E-state index contributed by atoms with van der Waals surface area (Å²) in [6.07, 6.45) is 3.58. The minimum atomic E-state index is 0.623. The standard InChI is InChI=1S/C8H13NO/c1-5-7(2)6-8(9-3)10-4/h5-6H,1H2,2-4H3/b7-6-,9-8?. The molecular formula is C8H13NO. The van der Waals surface area contributed by atoms with Crippen LogP contribution in [0.3, 0.4) is 0 Å². The van der Waals surface area contributed by atoms with Gasteiger partial charge in [0.2, 0.25) is 5.90 Å². The second-order valence-electron chi connectivity index (χ2n) is 1.86. The Hall–Kier alpha value is -1.05. The molecule has 0 aromatic rings. The first-order valence-electron chi connectivity index (χ1n) is 3.06. The first-order chi connectivity index (χ1) is 4.74. The van der Waals surface area contributed by atoms with Crippen molar-refractivity contribution in [2.45, 2.75) is 6.92 Å². The third-order valence-corrected chi connectivity index (χ3v) is 1.10. The molecule has 0 aliphatic heterocycles. The van der Waals surface area contributed by atoms with Gasteiger partial charge in [0.15, 0.2) is 0 Å². The van der Waals surface area contributed by atoms with E-state index in [1.807, 2.05) is 13.0 Å². The van der Waals surface area contributed by atoms with Gasteiger partial charge in [0.05, 0.1) is 7.11 Å². The van der Waals surface area contributed by atoms with E-state index >= 15 is 0 Å². The van der Waals surface area contributed by atoms with Gasteiger partial charge in [0.25, 0.3) is 0 Å². The number of allylic oxidation sites excluding steroid dienone is 2. The van der Waals surface area contributed by atoms with Crippen LogP contribution in [0.4, 0.5) is 0 Å². The zero-order valence-corrected chi connectivity index (χ0v) is 6.72. The SMILES string of the molecule is C=C/C(C)=C\C(=NC)OC. The first kappa shape index (κ1) is 8.95. The highest BCUT2D eigenvalue weighted by Crippen LogP contribution is 1.94. The summed E-state index contributed by atoms with van der Waals surface area (Å²) in [6.45, 7) is 5.55. The van der Waals surface area contributed by atoms with Gasteiger partial charge in [-0.1, -0.05) is 12.7 Å². The molecule has 0 aliphatic rings. The van der Waals surface area contributed by atoms with Gasteiger partial charge in [-0.05, 0) is 12.5 Å². The number of nitrogens with zero attached hydrogens (tertiary/aromatic N) is 1. The minimum Gasteiger partial charge on any atom is -0.481 e. The van der Waals surface area contributed by atoms with Crippen LogP contribution in [0.15, 0.2) is 29.3 Å². The summed E-state index contributed by atoms with van der Waals surface area (Å²) in [4.78, 5) is 3.86. The molecule has 0 saturated carbocycles. The molecular weight excluding hydrogens is 126 g/mol. The minimum absolute atomic E-state index is 0.623. The molecule has 0 aliphatic carbocycles. The Morgan fingerprint density at radius 2 is 2.20 bits per heavy atom. The largest absolute Gasteiger partial charge is 0.481 e. The van der Waals surface area contributed by atoms with E-state index in [1.54, 1.807) is 20.2 Å². The van der Waals surface area contributed by atoms with E-state index in [2.05, 4.69) is 11.6 Å². The Balaban J connectivity index is 4.22. The summed E-state index contributed by atoms with van der Waals surface area (Å²) >= 11 is 0. The van der Waals surface area contributed by atoms with E-state index < -0.39 is 0 Å². The molecule has 0 bridgehead atoms. The van der Waals surface area contributed by atoms with Gasteiger partial charge in [-0.25, -0.2) is 0 Å². The fourth-order valence-electron chi connectivity index (χ4n) is 0.468. The summed E-state index contributed by atoms with van der Waals surface area (Å²) in [6, 6.07) is 0. The number of aliphatic imine (C=N–C) groups is 1. The van der Waals surface area contributed by atoms with E-state index in [-0.39, 0.29) is 0 Å². The lowest BCUT2D eigenvalue weighted by Gasteiger charge is -1.96. The number of methoxy groups -OCH3 is 1. The van der Waals surface area contributed by atoms with Crippen molar-refractivity contribution in [3.05, 3.63) is 24.3 Å². The molecule has 0 saturated heterocycles. The van der Waals surface area contributed by atoms with Crippen molar-refractivity contribution in [3.8, 4) is 0 Å². The Labute approximate surface area is 61.9 Å². The fraction of sp³-hybridized carbons (Fsp3) is 0.375. The monoisotopic (exact) mass is 139 g/mol. The molecule has 0 spiro atoms. The highest BCUT2D eigenvalue weighted by atomic mass is 16.5. The maximum absolute atomic E-state index is 4.90. The van der Waals surface area contributed by atoms with Gasteiger partial charge in [0, 0.05) is 13.1 Å². The van der Waals surface area contributed by atoms with Crippen LogP contribution in [-0.2, 0) is 4.74 Å². The van der Waals surface area contributed by atoms with E-state index in [0.29, 0.717) is 5.90 Å². The third kappa shape index (κ3) is 3.07. The first-order valence-corrected chi connectivity index (χ1v) is 3.06. The maximum Gasteiger partial charge on any atom is 0.208 e. The van der Waals surface area contributed by atoms with Crippen molar-refractivity contribution in [2.75, 3.05) is 14.2 Å². The zero-order chi connectivity index (χ0) is 7.98. The van der Waals surface area contributed by atoms with Crippen molar-refractivity contribution in [2.24, 2.45) is 4.99 Å². The molecule has 0 aromatic carbocycles. The van der Waals surface area contributed by atoms with E-state index in [4.69, 9.17) is 4.74 Å². The predicted molar refractivity (Wildman–Crippen MR) is 44.3 cm³/mol. The van der Waals surface area contributed by atoms with Gasteiger partial charge in [0.1, 0.15) is 0 Å². The lowest BCUT2D eigenvalue weighted by molar-refractivity contribution is 0.406. The second-order valence-corrected chi connectivity index (χ2v) is 1.86. The summed E-state index contributed by atoms with van der Waals surface area (Å²) in [5.41, 5.74) is 1.04. The average molecular weight is 139 g/mol. The summed E-state index contributed by atoms with van der Waals surface area (Å²) in [5.74, 6) is 0.623. The molecule has 0 aromatic heterocycles. The fourth-order valence-corrected chi connectivity index (χ4v) is 0.468. The van der Waals surface area contributed by atoms with Crippen molar-refractivity contribution in [1.29, 1.82) is 0 Å². The van der Waals surface area contributed by atoms with Crippen molar-refractivity contribution >= 4 is 5.90 Å². The third-order valence-electron chi connectivity index (χ3n) is 1.10. The second kappa shape index (κ2) is 4.79. The number of hydrogen-bond acceptors (Lipinski definition) is 2. The van der Waals surface area contributed by atoms with Crippen LogP contribution in [0.25, 0.3) is 0 Å². The smallest absolute Gasteiger partial charge is 0.208 e. The predicted octanol–water partition coefficient (Wildman–Crippen LogP) is 1.79. The molecule has 2 heteroatoms. The van der Waals surface area contributed by atoms with Crippen LogP contribution in [0, 0.1) is 0 Å². The lowest BCUT2D eigenvalue weighted by Crippen LogP contribution is -1.96. The quantitative estimate of drug-likeness (QED) is 0.325. The maximum atomic E-state index is 4.90. The molecule has 2 nitrogen and oxygen atoms in total. The number of hydrogen-bond donors (Lipinski definition) is 0. The van der Waals surface area contributed by atoms with Crippen molar-refractivity contribution < 1.29 is 4.74 Å². The van der Waals surface area contributed by atoms with Gasteiger partial charge in [-0.3, -0.25) is 4.99 Å². The van der Waals surface area contributed by atoms with Crippen LogP contribution < -0.4 is 0 Å². The summed E-state index contributed by atoms with van der Waals surface area (Å²) < 4.78 is 4.90. The Kier molecular flexibility index (Phi) is 4.29. The van der Waals surface area contributed by atoms with Crippen LogP contribution in [0.5, 0.6) is 0 Å². The average Bonchev–Trinajstić information content (AvgIpc) is 1.99. The lowest BCUT2D eigenvalue weighted by atomic mass is 10.3. The van der Waals surface area contributed by atoms with E-state index in [1.165, 1.54) is 0 Å². The highest BCUT2D eigenvalue weighted by Gasteiger charge is 1.88. The topological polar surface area (TPSA) is 21.6 Å². The van der Waals surface area contributed by atoms with Crippen LogP contribution in [0.1, 0.15) is 6.92 Å². The zero-order valence-electron chi connectivity index (χ0n) is 6.72. The van der Waals surface area contributed by atoms with Crippen LogP contribution in [0.2, 0.25) is 0 Å². The molecule has 56 valence electrons. The molecule has 0 N–H and O–H groups in total. The van der Waals surface area contributed by atoms with Crippen LogP contribution in [-0.4, -0.2) is 20.1 Å². The Morgan fingerprint density at radius 1 is 1.60 bits per heavy atom. The van der Waals surface area contributed by atoms with Gasteiger partial charge in [-0.2, -0.15) is 0 Å². The molecule has 0 atom stereocenters. The molecule has 0 fully saturated rings. The van der Waals surface area contributed by atoms with E-state index in [9.17, 15) is 0 Å². The molecule has 0 heterocycles. The van der Waals surface area contributed by atoms with Gasteiger partial charge < -0.3 is 4.74 Å². The van der Waals surface area contributed by atoms with Crippen molar-refractivity contribution in [3.63, 3.8) is 0 Å². The normalized spacial score (nSPS) is 13.1. The molecule has 0 unspecified atom stereocenters. The van der Waals surface area contributed by atoms with E-state index in [0.717, 1.165) is 5.57 Å². The number of rotatable bonds is 2.